The Labute approximate surface area is 107 Å². The molecule has 0 atom stereocenters. The molecule has 0 radical (unpaired) electrons. The first-order valence-corrected chi connectivity index (χ1v) is 6.26. The molecule has 1 aliphatic rings. The Hall–Kier alpha value is -1.77. The lowest BCUT2D eigenvalue weighted by molar-refractivity contribution is 0.288. The second kappa shape index (κ2) is 4.49. The molecule has 0 unspecified atom stereocenters. The molecule has 0 aliphatic carbocycles. The molecular formula is C15H14BFO. The topological polar surface area (TPSA) is 9.23 Å². The summed E-state index contributed by atoms with van der Waals surface area (Å²) in [5, 5.41) is 0. The van der Waals surface area contributed by atoms with Crippen LogP contribution in [-0.4, -0.2) is 14.5 Å². The van der Waals surface area contributed by atoms with Crippen molar-refractivity contribution in [1.82, 2.24) is 0 Å². The summed E-state index contributed by atoms with van der Waals surface area (Å²) >= 11 is 0. The third kappa shape index (κ3) is 2.01. The van der Waals surface area contributed by atoms with Gasteiger partial charge in [-0.05, 0) is 47.7 Å². The summed E-state index contributed by atoms with van der Waals surface area (Å²) < 4.78 is 18.9. The van der Waals surface area contributed by atoms with Crippen LogP contribution in [0.3, 0.4) is 0 Å². The molecule has 90 valence electrons. The van der Waals surface area contributed by atoms with Gasteiger partial charge in [0.25, 0.3) is 0 Å². The van der Waals surface area contributed by atoms with Crippen LogP contribution in [0.5, 0.6) is 5.75 Å². The molecular weight excluding hydrogens is 226 g/mol. The lowest BCUT2D eigenvalue weighted by Gasteiger charge is -2.18. The molecule has 3 heteroatoms. The van der Waals surface area contributed by atoms with E-state index in [4.69, 9.17) is 4.74 Å². The largest absolute Gasteiger partial charge is 0.493 e. The number of hydrogen-bond acceptors (Lipinski definition) is 1. The molecule has 1 aliphatic heterocycles. The number of benzene rings is 2. The molecule has 2 aromatic carbocycles. The van der Waals surface area contributed by atoms with Crippen molar-refractivity contribution in [2.75, 3.05) is 6.61 Å². The predicted octanol–water partition coefficient (Wildman–Crippen LogP) is 2.08. The van der Waals surface area contributed by atoms with Crippen LogP contribution in [0.15, 0.2) is 36.4 Å². The van der Waals surface area contributed by atoms with Crippen LogP contribution in [0.1, 0.15) is 12.0 Å². The maximum absolute atomic E-state index is 13.3. The van der Waals surface area contributed by atoms with Crippen molar-refractivity contribution in [3.8, 4) is 16.9 Å². The van der Waals surface area contributed by atoms with Gasteiger partial charge in [-0.3, -0.25) is 0 Å². The van der Waals surface area contributed by atoms with E-state index in [1.54, 1.807) is 7.85 Å². The highest BCUT2D eigenvalue weighted by Gasteiger charge is 2.11. The van der Waals surface area contributed by atoms with E-state index in [0.717, 1.165) is 36.3 Å². The molecule has 0 bridgehead atoms. The van der Waals surface area contributed by atoms with E-state index in [2.05, 4.69) is 6.07 Å². The first-order chi connectivity index (χ1) is 8.74. The van der Waals surface area contributed by atoms with Gasteiger partial charge in [0.1, 0.15) is 19.4 Å². The predicted molar refractivity (Wildman–Crippen MR) is 73.8 cm³/mol. The van der Waals surface area contributed by atoms with Crippen LogP contribution >= 0.6 is 0 Å². The van der Waals surface area contributed by atoms with E-state index < -0.39 is 0 Å². The average Bonchev–Trinajstić information content (AvgIpc) is 2.41. The minimum atomic E-state index is -0.153. The normalized spacial score (nSPS) is 13.8. The van der Waals surface area contributed by atoms with E-state index in [0.29, 0.717) is 5.46 Å². The van der Waals surface area contributed by atoms with Gasteiger partial charge in [0.15, 0.2) is 0 Å². The molecule has 0 saturated heterocycles. The number of aryl methyl sites for hydroxylation is 1. The van der Waals surface area contributed by atoms with Crippen molar-refractivity contribution >= 4 is 13.3 Å². The van der Waals surface area contributed by atoms with Crippen LogP contribution in [-0.2, 0) is 6.42 Å². The van der Waals surface area contributed by atoms with Gasteiger partial charge in [-0.1, -0.05) is 23.7 Å². The summed E-state index contributed by atoms with van der Waals surface area (Å²) in [7, 11) is 1.79. The van der Waals surface area contributed by atoms with E-state index in [-0.39, 0.29) is 5.82 Å². The number of ether oxygens (including phenoxy) is 1. The van der Waals surface area contributed by atoms with Crippen molar-refractivity contribution in [1.29, 1.82) is 0 Å². The maximum Gasteiger partial charge on any atom is 0.143 e. The monoisotopic (exact) mass is 240 g/mol. The van der Waals surface area contributed by atoms with Crippen molar-refractivity contribution in [2.24, 2.45) is 0 Å². The fraction of sp³-hybridized carbons (Fsp3) is 0.200. The minimum absolute atomic E-state index is 0.153. The lowest BCUT2D eigenvalue weighted by Crippen LogP contribution is -2.09. The summed E-state index contributed by atoms with van der Waals surface area (Å²) in [5.74, 6) is 0.837. The SMILES string of the molecule is Bc1cc(-c2ccc3c(c2)CCCO3)ccc1F. The Morgan fingerprint density at radius 1 is 1.06 bits per heavy atom. The zero-order chi connectivity index (χ0) is 12.5. The van der Waals surface area contributed by atoms with E-state index in [1.165, 1.54) is 11.6 Å². The van der Waals surface area contributed by atoms with E-state index >= 15 is 0 Å². The smallest absolute Gasteiger partial charge is 0.143 e. The summed E-state index contributed by atoms with van der Waals surface area (Å²) in [5.41, 5.74) is 4.12. The Bertz CT molecular complexity index is 595. The summed E-state index contributed by atoms with van der Waals surface area (Å²) in [6, 6.07) is 11.5. The van der Waals surface area contributed by atoms with Crippen molar-refractivity contribution in [2.45, 2.75) is 12.8 Å². The Balaban J connectivity index is 2.03. The second-order valence-electron chi connectivity index (χ2n) is 4.74. The second-order valence-corrected chi connectivity index (χ2v) is 4.74. The van der Waals surface area contributed by atoms with Crippen LogP contribution in [0.2, 0.25) is 0 Å². The van der Waals surface area contributed by atoms with Gasteiger partial charge in [-0.2, -0.15) is 0 Å². The molecule has 3 rings (SSSR count). The van der Waals surface area contributed by atoms with Gasteiger partial charge in [-0.25, -0.2) is 4.39 Å². The fourth-order valence-electron chi connectivity index (χ4n) is 2.36. The zero-order valence-corrected chi connectivity index (χ0v) is 10.4. The quantitative estimate of drug-likeness (QED) is 0.693. The molecule has 1 heterocycles. The highest BCUT2D eigenvalue weighted by molar-refractivity contribution is 6.32. The zero-order valence-electron chi connectivity index (χ0n) is 10.4. The summed E-state index contributed by atoms with van der Waals surface area (Å²) in [6.07, 6.45) is 2.13. The highest BCUT2D eigenvalue weighted by Crippen LogP contribution is 2.29. The summed E-state index contributed by atoms with van der Waals surface area (Å²) in [6.45, 7) is 0.808. The van der Waals surface area contributed by atoms with Gasteiger partial charge in [0.2, 0.25) is 0 Å². The molecule has 0 N–H and O–H groups in total. The number of halogens is 1. The molecule has 0 amide bonds. The maximum atomic E-state index is 13.3. The molecule has 0 spiro atoms. The molecule has 0 aromatic heterocycles. The third-order valence-corrected chi connectivity index (χ3v) is 3.40. The molecule has 1 nitrogen and oxygen atoms in total. The summed E-state index contributed by atoms with van der Waals surface area (Å²) in [4.78, 5) is 0. The van der Waals surface area contributed by atoms with Crippen LogP contribution in [0, 0.1) is 5.82 Å². The van der Waals surface area contributed by atoms with E-state index in [1.807, 2.05) is 24.3 Å². The molecule has 2 aromatic rings. The average molecular weight is 240 g/mol. The van der Waals surface area contributed by atoms with Gasteiger partial charge in [0, 0.05) is 0 Å². The number of fused-ring (bicyclic) bond motifs is 1. The Morgan fingerprint density at radius 2 is 1.83 bits per heavy atom. The Kier molecular flexibility index (Phi) is 2.82. The van der Waals surface area contributed by atoms with Crippen LogP contribution in [0.4, 0.5) is 4.39 Å². The van der Waals surface area contributed by atoms with Crippen molar-refractivity contribution < 1.29 is 9.13 Å². The Morgan fingerprint density at radius 3 is 2.67 bits per heavy atom. The highest BCUT2D eigenvalue weighted by atomic mass is 19.1. The third-order valence-electron chi connectivity index (χ3n) is 3.40. The fourth-order valence-corrected chi connectivity index (χ4v) is 2.36. The molecule has 0 fully saturated rings. The van der Waals surface area contributed by atoms with Crippen LogP contribution in [0.25, 0.3) is 11.1 Å². The first kappa shape index (κ1) is 11.3. The standard InChI is InChI=1S/C15H14BFO/c16-13-9-11(3-5-14(13)17)10-4-6-15-12(8-10)2-1-7-18-15/h3-6,8-9H,1-2,7,16H2. The van der Waals surface area contributed by atoms with Gasteiger partial charge in [0.05, 0.1) is 6.61 Å². The molecule has 18 heavy (non-hydrogen) atoms. The van der Waals surface area contributed by atoms with E-state index in [9.17, 15) is 4.39 Å². The molecule has 0 saturated carbocycles. The van der Waals surface area contributed by atoms with Gasteiger partial charge >= 0.3 is 0 Å². The number of hydrogen-bond donors (Lipinski definition) is 0. The van der Waals surface area contributed by atoms with Crippen molar-refractivity contribution in [3.05, 3.63) is 47.8 Å². The van der Waals surface area contributed by atoms with Gasteiger partial charge in [-0.15, -0.1) is 0 Å². The van der Waals surface area contributed by atoms with Crippen LogP contribution < -0.4 is 10.2 Å². The van der Waals surface area contributed by atoms with Gasteiger partial charge < -0.3 is 4.74 Å². The lowest BCUT2D eigenvalue weighted by atomic mass is 9.91. The number of rotatable bonds is 1. The minimum Gasteiger partial charge on any atom is -0.493 e. The van der Waals surface area contributed by atoms with Crippen molar-refractivity contribution in [3.63, 3.8) is 0 Å². The first-order valence-electron chi connectivity index (χ1n) is 6.26.